The fraction of sp³-hybridized carbons (Fsp3) is 1.00. The Balaban J connectivity index is 3.53. The minimum atomic E-state index is -3.49. The number of hydrogen-bond donors (Lipinski definition) is 0. The van der Waals surface area contributed by atoms with Gasteiger partial charge in [0.05, 0.1) is 25.6 Å². The van der Waals surface area contributed by atoms with Crippen LogP contribution in [0.15, 0.2) is 0 Å². The van der Waals surface area contributed by atoms with Crippen LogP contribution < -0.4 is 0 Å². The first kappa shape index (κ1) is 18.1. The molecule has 0 aliphatic carbocycles. The topological polar surface area (TPSA) is 61.8 Å². The van der Waals surface area contributed by atoms with Crippen molar-refractivity contribution < 1.29 is 22.6 Å². The van der Waals surface area contributed by atoms with Crippen molar-refractivity contribution in [2.75, 3.05) is 45.9 Å². The summed E-state index contributed by atoms with van der Waals surface area (Å²) in [5, 5.41) is 0. The third kappa shape index (κ3) is 12.6. The molecule has 18 heavy (non-hydrogen) atoms. The molecule has 0 aliphatic heterocycles. The van der Waals surface area contributed by atoms with Crippen molar-refractivity contribution in [3.63, 3.8) is 0 Å². The van der Waals surface area contributed by atoms with Crippen molar-refractivity contribution in [2.45, 2.75) is 20.3 Å². The molecule has 5 nitrogen and oxygen atoms in total. The highest BCUT2D eigenvalue weighted by atomic mass is 35.7. The Labute approximate surface area is 114 Å². The molecule has 0 N–H and O–H groups in total. The number of halogens is 1. The van der Waals surface area contributed by atoms with Crippen LogP contribution in [0, 0.1) is 5.41 Å². The summed E-state index contributed by atoms with van der Waals surface area (Å²) >= 11 is 0. The van der Waals surface area contributed by atoms with Crippen LogP contribution >= 0.6 is 10.7 Å². The molecular formula is C11H23ClO5S. The van der Waals surface area contributed by atoms with E-state index >= 15 is 0 Å². The van der Waals surface area contributed by atoms with Crippen molar-refractivity contribution >= 4 is 19.7 Å². The maximum atomic E-state index is 11.0. The van der Waals surface area contributed by atoms with Crippen molar-refractivity contribution in [3.05, 3.63) is 0 Å². The van der Waals surface area contributed by atoms with Crippen molar-refractivity contribution in [1.29, 1.82) is 0 Å². The SMILES string of the molecule is COCCOCCCOCC(C)(C)CS(=O)(=O)Cl. The van der Waals surface area contributed by atoms with E-state index < -0.39 is 14.5 Å². The quantitative estimate of drug-likeness (QED) is 0.429. The van der Waals surface area contributed by atoms with Gasteiger partial charge in [-0.1, -0.05) is 13.8 Å². The molecule has 0 heterocycles. The fourth-order valence-electron chi connectivity index (χ4n) is 1.36. The van der Waals surface area contributed by atoms with Crippen LogP contribution in [0.4, 0.5) is 0 Å². The molecule has 0 amide bonds. The Morgan fingerprint density at radius 1 is 1.06 bits per heavy atom. The Hall–Kier alpha value is 0.120. The predicted molar refractivity (Wildman–Crippen MR) is 71.6 cm³/mol. The van der Waals surface area contributed by atoms with Crippen LogP contribution in [0.3, 0.4) is 0 Å². The number of hydrogen-bond acceptors (Lipinski definition) is 5. The van der Waals surface area contributed by atoms with Crippen molar-refractivity contribution in [1.82, 2.24) is 0 Å². The molecule has 0 aromatic rings. The lowest BCUT2D eigenvalue weighted by atomic mass is 9.98. The van der Waals surface area contributed by atoms with Crippen molar-refractivity contribution in [3.8, 4) is 0 Å². The summed E-state index contributed by atoms with van der Waals surface area (Å²) in [6.07, 6.45) is 0.771. The minimum Gasteiger partial charge on any atom is -0.382 e. The van der Waals surface area contributed by atoms with Crippen LogP contribution in [-0.2, 0) is 23.3 Å². The molecule has 0 saturated heterocycles. The van der Waals surface area contributed by atoms with Gasteiger partial charge in [0, 0.05) is 36.4 Å². The normalized spacial score (nSPS) is 12.9. The zero-order valence-corrected chi connectivity index (χ0v) is 12.8. The van der Waals surface area contributed by atoms with E-state index in [0.29, 0.717) is 33.0 Å². The second-order valence-corrected chi connectivity index (χ2v) is 7.64. The molecular weight excluding hydrogens is 280 g/mol. The van der Waals surface area contributed by atoms with Crippen LogP contribution in [0.25, 0.3) is 0 Å². The van der Waals surface area contributed by atoms with Gasteiger partial charge in [-0.25, -0.2) is 8.42 Å². The molecule has 0 spiro atoms. The van der Waals surface area contributed by atoms with E-state index in [0.717, 1.165) is 6.42 Å². The van der Waals surface area contributed by atoms with Gasteiger partial charge in [-0.2, -0.15) is 0 Å². The maximum Gasteiger partial charge on any atom is 0.233 e. The summed E-state index contributed by atoms with van der Waals surface area (Å²) in [6.45, 7) is 6.28. The molecule has 0 atom stereocenters. The van der Waals surface area contributed by atoms with Crippen LogP contribution in [0.5, 0.6) is 0 Å². The highest BCUT2D eigenvalue weighted by Gasteiger charge is 2.25. The first-order chi connectivity index (χ1) is 8.27. The van der Waals surface area contributed by atoms with Gasteiger partial charge in [0.15, 0.2) is 0 Å². The van der Waals surface area contributed by atoms with E-state index in [2.05, 4.69) is 0 Å². The molecule has 0 bridgehead atoms. The highest BCUT2D eigenvalue weighted by Crippen LogP contribution is 2.20. The van der Waals surface area contributed by atoms with Crippen LogP contribution in [0.2, 0.25) is 0 Å². The minimum absolute atomic E-state index is 0.0914. The second-order valence-electron chi connectivity index (χ2n) is 4.86. The second kappa shape index (κ2) is 9.09. The van der Waals surface area contributed by atoms with E-state index in [1.807, 2.05) is 13.8 Å². The van der Waals surface area contributed by atoms with E-state index in [4.69, 9.17) is 24.9 Å². The summed E-state index contributed by atoms with van der Waals surface area (Å²) in [5.41, 5.74) is -0.475. The Morgan fingerprint density at radius 2 is 1.67 bits per heavy atom. The fourth-order valence-corrected chi connectivity index (χ4v) is 3.27. The Morgan fingerprint density at radius 3 is 2.22 bits per heavy atom. The Kier molecular flexibility index (Phi) is 9.15. The van der Waals surface area contributed by atoms with Crippen LogP contribution in [0.1, 0.15) is 20.3 Å². The maximum absolute atomic E-state index is 11.0. The molecule has 0 aliphatic rings. The summed E-state index contributed by atoms with van der Waals surface area (Å²) in [7, 11) is 3.35. The monoisotopic (exact) mass is 302 g/mol. The smallest absolute Gasteiger partial charge is 0.233 e. The van der Waals surface area contributed by atoms with E-state index in [9.17, 15) is 8.42 Å². The lowest BCUT2D eigenvalue weighted by Gasteiger charge is -2.22. The molecule has 0 radical (unpaired) electrons. The standard InChI is InChI=1S/C11H23ClO5S/c1-11(2,10-18(12,13)14)9-17-6-4-5-16-8-7-15-3/h4-10H2,1-3H3. The largest absolute Gasteiger partial charge is 0.382 e. The molecule has 110 valence electrons. The van der Waals surface area contributed by atoms with Gasteiger partial charge in [-0.05, 0) is 6.42 Å². The molecule has 0 aromatic heterocycles. The van der Waals surface area contributed by atoms with Gasteiger partial charge < -0.3 is 14.2 Å². The number of methoxy groups -OCH3 is 1. The van der Waals surface area contributed by atoms with Crippen LogP contribution in [-0.4, -0.2) is 54.3 Å². The van der Waals surface area contributed by atoms with Crippen molar-refractivity contribution in [2.24, 2.45) is 5.41 Å². The first-order valence-electron chi connectivity index (χ1n) is 5.84. The zero-order valence-electron chi connectivity index (χ0n) is 11.3. The lowest BCUT2D eigenvalue weighted by Crippen LogP contribution is -2.27. The third-order valence-corrected chi connectivity index (χ3v) is 3.52. The summed E-state index contributed by atoms with van der Waals surface area (Å²) in [5.74, 6) is -0.0914. The molecule has 0 unspecified atom stereocenters. The van der Waals surface area contributed by atoms with E-state index in [1.54, 1.807) is 7.11 Å². The first-order valence-corrected chi connectivity index (χ1v) is 8.31. The van der Waals surface area contributed by atoms with Gasteiger partial charge in [0.25, 0.3) is 0 Å². The molecule has 0 aromatic carbocycles. The average molecular weight is 303 g/mol. The molecule has 0 fully saturated rings. The average Bonchev–Trinajstić information content (AvgIpc) is 2.18. The summed E-state index contributed by atoms with van der Waals surface area (Å²) in [4.78, 5) is 0. The van der Waals surface area contributed by atoms with Gasteiger partial charge >= 0.3 is 0 Å². The predicted octanol–water partition coefficient (Wildman–Crippen LogP) is 1.65. The summed E-state index contributed by atoms with van der Waals surface area (Å²) < 4.78 is 37.4. The zero-order chi connectivity index (χ0) is 14.1. The van der Waals surface area contributed by atoms with Gasteiger partial charge in [-0.3, -0.25) is 0 Å². The van der Waals surface area contributed by atoms with Gasteiger partial charge in [0.1, 0.15) is 0 Å². The molecule has 0 rings (SSSR count). The molecule has 7 heteroatoms. The van der Waals surface area contributed by atoms with Gasteiger partial charge in [-0.15, -0.1) is 0 Å². The van der Waals surface area contributed by atoms with E-state index in [1.165, 1.54) is 0 Å². The highest BCUT2D eigenvalue weighted by molar-refractivity contribution is 8.13. The number of ether oxygens (including phenoxy) is 3. The number of rotatable bonds is 11. The third-order valence-electron chi connectivity index (χ3n) is 2.07. The summed E-state index contributed by atoms with van der Waals surface area (Å²) in [6, 6.07) is 0. The van der Waals surface area contributed by atoms with Gasteiger partial charge in [0.2, 0.25) is 9.05 Å². The molecule has 0 saturated carbocycles. The Bertz CT molecular complexity index is 303. The van der Waals surface area contributed by atoms with E-state index in [-0.39, 0.29) is 5.75 Å². The lowest BCUT2D eigenvalue weighted by molar-refractivity contribution is 0.0354.